The van der Waals surface area contributed by atoms with Crippen molar-refractivity contribution in [2.45, 2.75) is 44.3 Å². The van der Waals surface area contributed by atoms with Gasteiger partial charge in [-0.15, -0.1) is 0 Å². The molecule has 1 aliphatic carbocycles. The van der Waals surface area contributed by atoms with Gasteiger partial charge in [-0.05, 0) is 38.0 Å². The van der Waals surface area contributed by atoms with E-state index in [2.05, 4.69) is 9.80 Å². The molecule has 4 fully saturated rings. The van der Waals surface area contributed by atoms with Gasteiger partial charge in [-0.1, -0.05) is 0 Å². The maximum Gasteiger partial charge on any atom is 0.228 e. The molecule has 0 spiro atoms. The summed E-state index contributed by atoms with van der Waals surface area (Å²) in [7, 11) is 0. The van der Waals surface area contributed by atoms with Crippen molar-refractivity contribution in [2.75, 3.05) is 32.7 Å². The molecule has 0 radical (unpaired) electrons. The minimum Gasteiger partial charge on any atom is -0.371 e. The molecule has 3 heterocycles. The molecule has 1 saturated carbocycles. The van der Waals surface area contributed by atoms with Crippen LogP contribution in [0.15, 0.2) is 0 Å². The smallest absolute Gasteiger partial charge is 0.228 e. The van der Waals surface area contributed by atoms with Gasteiger partial charge in [0, 0.05) is 32.7 Å². The number of hydrogen-bond acceptors (Lipinski definition) is 3. The standard InChI is InChI=1S/C15H24N2O2/c18-15(17-5-1-2-6-17)13-7-12-9-16(8-11-3-4-11)10-14(13)19-12/h11-14H,1-10H2/t12-,13+,14+/m0/s1. The Morgan fingerprint density at radius 1 is 1.16 bits per heavy atom. The highest BCUT2D eigenvalue weighted by Gasteiger charge is 2.46. The van der Waals surface area contributed by atoms with Crippen molar-refractivity contribution >= 4 is 5.91 Å². The average molecular weight is 264 g/mol. The van der Waals surface area contributed by atoms with Gasteiger partial charge >= 0.3 is 0 Å². The van der Waals surface area contributed by atoms with Gasteiger partial charge in [0.25, 0.3) is 0 Å². The summed E-state index contributed by atoms with van der Waals surface area (Å²) in [5.41, 5.74) is 0. The van der Waals surface area contributed by atoms with E-state index < -0.39 is 0 Å². The summed E-state index contributed by atoms with van der Waals surface area (Å²) in [6.45, 7) is 5.21. The van der Waals surface area contributed by atoms with E-state index in [0.29, 0.717) is 12.0 Å². The molecule has 3 atom stereocenters. The van der Waals surface area contributed by atoms with Crippen LogP contribution in [0, 0.1) is 11.8 Å². The second-order valence-electron chi connectivity index (χ2n) is 6.83. The lowest BCUT2D eigenvalue weighted by Gasteiger charge is -2.33. The molecule has 4 aliphatic rings. The van der Waals surface area contributed by atoms with Gasteiger partial charge in [0.15, 0.2) is 0 Å². The highest BCUT2D eigenvalue weighted by molar-refractivity contribution is 5.80. The molecule has 106 valence electrons. The molecule has 0 aromatic carbocycles. The summed E-state index contributed by atoms with van der Waals surface area (Å²) in [5, 5.41) is 0. The summed E-state index contributed by atoms with van der Waals surface area (Å²) in [6.07, 6.45) is 6.62. The number of nitrogens with zero attached hydrogens (tertiary/aromatic N) is 2. The molecule has 4 rings (SSSR count). The number of hydrogen-bond donors (Lipinski definition) is 0. The molecular weight excluding hydrogens is 240 g/mol. The molecule has 2 bridgehead atoms. The zero-order valence-corrected chi connectivity index (χ0v) is 11.6. The number of ether oxygens (including phenoxy) is 1. The number of rotatable bonds is 3. The predicted molar refractivity (Wildman–Crippen MR) is 71.7 cm³/mol. The summed E-state index contributed by atoms with van der Waals surface area (Å²) in [6, 6.07) is 0. The maximum atomic E-state index is 12.6. The van der Waals surface area contributed by atoms with E-state index >= 15 is 0 Å². The first-order chi connectivity index (χ1) is 9.29. The molecular formula is C15H24N2O2. The lowest BCUT2D eigenvalue weighted by molar-refractivity contribution is -0.137. The van der Waals surface area contributed by atoms with Crippen LogP contribution in [-0.2, 0) is 9.53 Å². The van der Waals surface area contributed by atoms with Gasteiger partial charge in [-0.3, -0.25) is 9.69 Å². The van der Waals surface area contributed by atoms with Crippen LogP contribution >= 0.6 is 0 Å². The Balaban J connectivity index is 1.40. The first-order valence-corrected chi connectivity index (χ1v) is 7.96. The Hall–Kier alpha value is -0.610. The molecule has 3 aliphatic heterocycles. The predicted octanol–water partition coefficient (Wildman–Crippen LogP) is 1.11. The molecule has 3 saturated heterocycles. The average Bonchev–Trinajstić information content (AvgIpc) is 2.95. The van der Waals surface area contributed by atoms with Crippen LogP contribution in [0.1, 0.15) is 32.1 Å². The van der Waals surface area contributed by atoms with Crippen molar-refractivity contribution in [1.29, 1.82) is 0 Å². The number of fused-ring (bicyclic) bond motifs is 2. The van der Waals surface area contributed by atoms with Gasteiger partial charge in [-0.25, -0.2) is 0 Å². The van der Waals surface area contributed by atoms with E-state index in [1.807, 2.05) is 0 Å². The Morgan fingerprint density at radius 2 is 1.95 bits per heavy atom. The van der Waals surface area contributed by atoms with E-state index in [1.165, 1.54) is 32.2 Å². The topological polar surface area (TPSA) is 32.8 Å². The van der Waals surface area contributed by atoms with Crippen molar-refractivity contribution < 1.29 is 9.53 Å². The maximum absolute atomic E-state index is 12.6. The molecule has 0 unspecified atom stereocenters. The molecule has 4 nitrogen and oxygen atoms in total. The molecule has 0 aromatic rings. The summed E-state index contributed by atoms with van der Waals surface area (Å²) >= 11 is 0. The Morgan fingerprint density at radius 3 is 2.68 bits per heavy atom. The first-order valence-electron chi connectivity index (χ1n) is 7.96. The molecule has 1 amide bonds. The van der Waals surface area contributed by atoms with E-state index in [-0.39, 0.29) is 12.0 Å². The van der Waals surface area contributed by atoms with Crippen LogP contribution in [-0.4, -0.2) is 60.6 Å². The third kappa shape index (κ3) is 2.40. The van der Waals surface area contributed by atoms with Crippen molar-refractivity contribution in [2.24, 2.45) is 11.8 Å². The van der Waals surface area contributed by atoms with Crippen LogP contribution in [0.4, 0.5) is 0 Å². The fourth-order valence-electron chi connectivity index (χ4n) is 3.98. The molecule has 19 heavy (non-hydrogen) atoms. The van der Waals surface area contributed by atoms with Crippen LogP contribution in [0.5, 0.6) is 0 Å². The van der Waals surface area contributed by atoms with Crippen LogP contribution in [0.3, 0.4) is 0 Å². The normalized spacial score (nSPS) is 38.9. The lowest BCUT2D eigenvalue weighted by Crippen LogP contribution is -2.46. The number of amides is 1. The van der Waals surface area contributed by atoms with Crippen LogP contribution in [0.25, 0.3) is 0 Å². The largest absolute Gasteiger partial charge is 0.371 e. The SMILES string of the molecule is O=C([C@@H]1C[C@H]2CN(CC3CC3)C[C@H]1O2)N1CCCC1. The number of carbonyl (C=O) groups is 1. The number of morpholine rings is 1. The molecule has 4 heteroatoms. The highest BCUT2D eigenvalue weighted by atomic mass is 16.5. The minimum atomic E-state index is 0.146. The van der Waals surface area contributed by atoms with Gasteiger partial charge in [0.2, 0.25) is 5.91 Å². The lowest BCUT2D eigenvalue weighted by atomic mass is 9.99. The Labute approximate surface area is 115 Å². The second kappa shape index (κ2) is 4.74. The van der Waals surface area contributed by atoms with Gasteiger partial charge in [0.05, 0.1) is 18.1 Å². The summed E-state index contributed by atoms with van der Waals surface area (Å²) < 4.78 is 6.03. The fraction of sp³-hybridized carbons (Fsp3) is 0.933. The molecule has 0 N–H and O–H groups in total. The van der Waals surface area contributed by atoms with Crippen molar-refractivity contribution in [1.82, 2.24) is 9.80 Å². The van der Waals surface area contributed by atoms with Crippen molar-refractivity contribution in [3.63, 3.8) is 0 Å². The zero-order chi connectivity index (χ0) is 12.8. The third-order valence-corrected chi connectivity index (χ3v) is 5.18. The van der Waals surface area contributed by atoms with Crippen molar-refractivity contribution in [3.8, 4) is 0 Å². The monoisotopic (exact) mass is 264 g/mol. The minimum absolute atomic E-state index is 0.146. The summed E-state index contributed by atoms with van der Waals surface area (Å²) in [4.78, 5) is 17.2. The zero-order valence-electron chi connectivity index (χ0n) is 11.6. The Bertz CT molecular complexity index is 363. The number of likely N-dealkylation sites (tertiary alicyclic amines) is 2. The van der Waals surface area contributed by atoms with Gasteiger partial charge in [0.1, 0.15) is 0 Å². The number of carbonyl (C=O) groups excluding carboxylic acids is 1. The van der Waals surface area contributed by atoms with Gasteiger partial charge < -0.3 is 9.64 Å². The highest BCUT2D eigenvalue weighted by Crippen LogP contribution is 2.36. The van der Waals surface area contributed by atoms with E-state index in [1.54, 1.807) is 0 Å². The van der Waals surface area contributed by atoms with Crippen LogP contribution < -0.4 is 0 Å². The fourth-order valence-corrected chi connectivity index (χ4v) is 3.98. The summed E-state index contributed by atoms with van der Waals surface area (Å²) in [5.74, 6) is 1.45. The van der Waals surface area contributed by atoms with Crippen molar-refractivity contribution in [3.05, 3.63) is 0 Å². The molecule has 0 aromatic heterocycles. The van der Waals surface area contributed by atoms with E-state index in [0.717, 1.165) is 38.5 Å². The van der Waals surface area contributed by atoms with Gasteiger partial charge in [-0.2, -0.15) is 0 Å². The first kappa shape index (κ1) is 12.2. The quantitative estimate of drug-likeness (QED) is 0.765. The second-order valence-corrected chi connectivity index (χ2v) is 6.83. The van der Waals surface area contributed by atoms with Crippen LogP contribution in [0.2, 0.25) is 0 Å². The van der Waals surface area contributed by atoms with E-state index in [9.17, 15) is 4.79 Å². The van der Waals surface area contributed by atoms with E-state index in [4.69, 9.17) is 4.74 Å². The Kier molecular flexibility index (Phi) is 3.03. The third-order valence-electron chi connectivity index (χ3n) is 5.18.